The zero-order valence-electron chi connectivity index (χ0n) is 21.5. The first-order chi connectivity index (χ1) is 18.1. The molecule has 1 aliphatic rings. The maximum Gasteiger partial charge on any atom is 0.326 e. The van der Waals surface area contributed by atoms with Gasteiger partial charge in [0.2, 0.25) is 17.7 Å². The smallest absolute Gasteiger partial charge is 0.326 e. The fourth-order valence-corrected chi connectivity index (χ4v) is 4.29. The summed E-state index contributed by atoms with van der Waals surface area (Å²) in [5, 5.41) is 14.9. The van der Waals surface area contributed by atoms with Gasteiger partial charge in [0.05, 0.1) is 12.4 Å². The Bertz CT molecular complexity index is 950. The van der Waals surface area contributed by atoms with E-state index in [0.717, 1.165) is 0 Å². The molecule has 0 spiro atoms. The minimum absolute atomic E-state index is 0.0965. The van der Waals surface area contributed by atoms with Crippen molar-refractivity contribution in [3.63, 3.8) is 0 Å². The Morgan fingerprint density at radius 1 is 1.13 bits per heavy atom. The third-order valence-electron chi connectivity index (χ3n) is 6.29. The maximum atomic E-state index is 13.3. The van der Waals surface area contributed by atoms with Gasteiger partial charge in [0.1, 0.15) is 18.1 Å². The first kappa shape index (κ1) is 30.5. The molecule has 0 radical (unpaired) electrons. The highest BCUT2D eigenvalue weighted by molar-refractivity contribution is 5.94. The summed E-state index contributed by atoms with van der Waals surface area (Å²) >= 11 is 0. The molecule has 12 N–H and O–H groups in total. The standard InChI is InChI=1S/C23H40N10O5/c24-8-2-1-5-17(21(36)33-10-4-7-18(33)22(37)38)32-20(35)16(6-3-9-29-23(26)27)31-19(34)15(25)11-14-12-28-13-30-14/h12-13,15-18H,1-11,24-25H2,(H,28,30)(H,31,34)(H,32,35)(H,37,38)(H4,26,27,29). The van der Waals surface area contributed by atoms with Gasteiger partial charge >= 0.3 is 5.97 Å². The summed E-state index contributed by atoms with van der Waals surface area (Å²) in [6, 6.07) is -3.88. The molecule has 0 aromatic carbocycles. The SMILES string of the molecule is NCCCCC(NC(=O)C(CCCN=C(N)N)NC(=O)C(N)Cc1cnc[nH]1)C(=O)N1CCCC1C(=O)O. The second-order valence-corrected chi connectivity index (χ2v) is 9.27. The zero-order valence-corrected chi connectivity index (χ0v) is 21.5. The molecule has 1 saturated heterocycles. The highest BCUT2D eigenvalue weighted by Crippen LogP contribution is 2.20. The second-order valence-electron chi connectivity index (χ2n) is 9.27. The van der Waals surface area contributed by atoms with Crippen LogP contribution in [0.4, 0.5) is 0 Å². The van der Waals surface area contributed by atoms with Gasteiger partial charge in [-0.15, -0.1) is 0 Å². The molecule has 0 saturated carbocycles. The molecule has 2 rings (SSSR count). The van der Waals surface area contributed by atoms with Crippen LogP contribution in [0.3, 0.4) is 0 Å². The number of aliphatic carboxylic acids is 1. The largest absolute Gasteiger partial charge is 0.480 e. The lowest BCUT2D eigenvalue weighted by molar-refractivity contribution is -0.149. The van der Waals surface area contributed by atoms with E-state index in [1.807, 2.05) is 0 Å². The Kier molecular flexibility index (Phi) is 12.5. The lowest BCUT2D eigenvalue weighted by atomic mass is 10.0. The number of hydrogen-bond acceptors (Lipinski definition) is 8. The van der Waals surface area contributed by atoms with Gasteiger partial charge in [0.15, 0.2) is 5.96 Å². The number of hydrogen-bond donors (Lipinski definition) is 8. The zero-order chi connectivity index (χ0) is 28.1. The number of H-pyrrole nitrogens is 1. The van der Waals surface area contributed by atoms with Crippen molar-refractivity contribution in [3.05, 3.63) is 18.2 Å². The average Bonchev–Trinajstić information content (AvgIpc) is 3.57. The van der Waals surface area contributed by atoms with Crippen LogP contribution in [0.2, 0.25) is 0 Å². The minimum Gasteiger partial charge on any atom is -0.480 e. The normalized spacial score (nSPS) is 17.3. The summed E-state index contributed by atoms with van der Waals surface area (Å²) in [4.78, 5) is 63.1. The van der Waals surface area contributed by atoms with Crippen molar-refractivity contribution in [2.45, 2.75) is 75.5 Å². The molecule has 0 aliphatic carbocycles. The third-order valence-corrected chi connectivity index (χ3v) is 6.29. The molecule has 1 aliphatic heterocycles. The Morgan fingerprint density at radius 2 is 1.84 bits per heavy atom. The molecule has 0 bridgehead atoms. The fourth-order valence-electron chi connectivity index (χ4n) is 4.29. The van der Waals surface area contributed by atoms with Crippen LogP contribution < -0.4 is 33.6 Å². The van der Waals surface area contributed by atoms with E-state index in [-0.39, 0.29) is 31.8 Å². The molecule has 4 atom stereocenters. The van der Waals surface area contributed by atoms with E-state index in [1.54, 1.807) is 6.20 Å². The van der Waals surface area contributed by atoms with Crippen LogP contribution in [0, 0.1) is 0 Å². The Balaban J connectivity index is 2.14. The van der Waals surface area contributed by atoms with Gasteiger partial charge < -0.3 is 48.6 Å². The molecule has 1 fully saturated rings. The number of nitrogens with zero attached hydrogens (tertiary/aromatic N) is 3. The van der Waals surface area contributed by atoms with Crippen LogP contribution in [-0.2, 0) is 25.6 Å². The number of carboxylic acid groups (broad SMARTS) is 1. The monoisotopic (exact) mass is 536 g/mol. The number of carbonyl (C=O) groups is 4. The first-order valence-corrected chi connectivity index (χ1v) is 12.8. The summed E-state index contributed by atoms with van der Waals surface area (Å²) in [6.45, 7) is 0.934. The van der Waals surface area contributed by atoms with Crippen molar-refractivity contribution >= 4 is 29.7 Å². The first-order valence-electron chi connectivity index (χ1n) is 12.8. The van der Waals surface area contributed by atoms with Crippen LogP contribution in [0.25, 0.3) is 0 Å². The number of aliphatic imine (C=N–C) groups is 1. The summed E-state index contributed by atoms with van der Waals surface area (Å²) in [6.07, 6.45) is 6.11. The van der Waals surface area contributed by atoms with E-state index in [2.05, 4.69) is 25.6 Å². The number of aromatic amines is 1. The fraction of sp³-hybridized carbons (Fsp3) is 0.652. The van der Waals surface area contributed by atoms with Crippen molar-refractivity contribution in [1.29, 1.82) is 0 Å². The summed E-state index contributed by atoms with van der Waals surface area (Å²) < 4.78 is 0. The quantitative estimate of drug-likeness (QED) is 0.0625. The van der Waals surface area contributed by atoms with E-state index < -0.39 is 47.9 Å². The van der Waals surface area contributed by atoms with Gasteiger partial charge in [0.25, 0.3) is 0 Å². The maximum absolute atomic E-state index is 13.3. The Morgan fingerprint density at radius 3 is 2.47 bits per heavy atom. The van der Waals surface area contributed by atoms with E-state index in [4.69, 9.17) is 22.9 Å². The molecule has 3 amide bonds. The van der Waals surface area contributed by atoms with E-state index >= 15 is 0 Å². The molecule has 2 heterocycles. The summed E-state index contributed by atoms with van der Waals surface area (Å²) in [7, 11) is 0. The molecular weight excluding hydrogens is 496 g/mol. The number of amides is 3. The average molecular weight is 537 g/mol. The number of carbonyl (C=O) groups excluding carboxylic acids is 3. The number of nitrogens with one attached hydrogen (secondary N) is 3. The number of nitrogens with two attached hydrogens (primary N) is 4. The van der Waals surface area contributed by atoms with E-state index in [1.165, 1.54) is 11.2 Å². The predicted octanol–water partition coefficient (Wildman–Crippen LogP) is -2.49. The molecular formula is C23H40N10O5. The summed E-state index contributed by atoms with van der Waals surface area (Å²) in [5.41, 5.74) is 23.0. The number of aromatic nitrogens is 2. The Labute approximate surface area is 221 Å². The number of imidazole rings is 1. The van der Waals surface area contributed by atoms with Gasteiger partial charge in [-0.05, 0) is 51.5 Å². The van der Waals surface area contributed by atoms with Gasteiger partial charge in [-0.1, -0.05) is 0 Å². The topological polar surface area (TPSA) is 261 Å². The third kappa shape index (κ3) is 9.63. The van der Waals surface area contributed by atoms with Crippen molar-refractivity contribution in [1.82, 2.24) is 25.5 Å². The van der Waals surface area contributed by atoms with Crippen molar-refractivity contribution in [3.8, 4) is 0 Å². The molecule has 1 aromatic rings. The second kappa shape index (κ2) is 15.5. The molecule has 1 aromatic heterocycles. The van der Waals surface area contributed by atoms with Crippen LogP contribution >= 0.6 is 0 Å². The predicted molar refractivity (Wildman–Crippen MR) is 139 cm³/mol. The van der Waals surface area contributed by atoms with Crippen molar-refractivity contribution < 1.29 is 24.3 Å². The van der Waals surface area contributed by atoms with Gasteiger partial charge in [-0.3, -0.25) is 19.4 Å². The highest BCUT2D eigenvalue weighted by atomic mass is 16.4. The number of carboxylic acids is 1. The lowest BCUT2D eigenvalue weighted by Crippen LogP contribution is -2.57. The molecule has 4 unspecified atom stereocenters. The van der Waals surface area contributed by atoms with Crippen LogP contribution in [0.1, 0.15) is 50.6 Å². The highest BCUT2D eigenvalue weighted by Gasteiger charge is 2.38. The van der Waals surface area contributed by atoms with E-state index in [0.29, 0.717) is 50.9 Å². The van der Waals surface area contributed by atoms with E-state index in [9.17, 15) is 24.3 Å². The summed E-state index contributed by atoms with van der Waals surface area (Å²) in [5.74, 6) is -2.80. The molecule has 212 valence electrons. The van der Waals surface area contributed by atoms with Crippen LogP contribution in [0.15, 0.2) is 17.5 Å². The molecule has 38 heavy (non-hydrogen) atoms. The minimum atomic E-state index is -1.08. The van der Waals surface area contributed by atoms with Crippen molar-refractivity contribution in [2.75, 3.05) is 19.6 Å². The lowest BCUT2D eigenvalue weighted by Gasteiger charge is -2.29. The number of likely N-dealkylation sites (tertiary alicyclic amines) is 1. The molecule has 15 heteroatoms. The number of unbranched alkanes of at least 4 members (excludes halogenated alkanes) is 1. The number of guanidine groups is 1. The van der Waals surface area contributed by atoms with Crippen LogP contribution in [-0.4, -0.2) is 93.4 Å². The number of rotatable bonds is 16. The van der Waals surface area contributed by atoms with Gasteiger partial charge in [-0.2, -0.15) is 0 Å². The van der Waals surface area contributed by atoms with Gasteiger partial charge in [0, 0.05) is 31.4 Å². The molecule has 15 nitrogen and oxygen atoms in total. The Hall–Kier alpha value is -3.72. The van der Waals surface area contributed by atoms with Crippen LogP contribution in [0.5, 0.6) is 0 Å². The van der Waals surface area contributed by atoms with Gasteiger partial charge in [-0.25, -0.2) is 9.78 Å². The van der Waals surface area contributed by atoms with Crippen molar-refractivity contribution in [2.24, 2.45) is 27.9 Å².